The molecule has 0 saturated heterocycles. The molecule has 0 N–H and O–H groups in total. The smallest absolute Gasteiger partial charge is 0.346 e. The molecule has 0 saturated carbocycles. The van der Waals surface area contributed by atoms with E-state index in [4.69, 9.17) is 16.3 Å². The molecule has 0 fully saturated rings. The summed E-state index contributed by atoms with van der Waals surface area (Å²) in [5.41, 5.74) is 0. The molecule has 15 heavy (non-hydrogen) atoms. The number of pyridine rings is 1. The summed E-state index contributed by atoms with van der Waals surface area (Å²) in [5.74, 6) is -0.255. The highest BCUT2D eigenvalue weighted by atomic mass is 35.5. The molecule has 0 aliphatic rings. The van der Waals surface area contributed by atoms with E-state index in [1.165, 1.54) is 26.2 Å². The van der Waals surface area contributed by atoms with Gasteiger partial charge in [-0.25, -0.2) is 4.79 Å². The van der Waals surface area contributed by atoms with Crippen molar-refractivity contribution in [1.29, 1.82) is 0 Å². The maximum absolute atomic E-state index is 11.0. The molecule has 0 aliphatic heterocycles. The van der Waals surface area contributed by atoms with Gasteiger partial charge < -0.3 is 14.7 Å². The van der Waals surface area contributed by atoms with Gasteiger partial charge in [0.25, 0.3) is 5.15 Å². The first-order chi connectivity index (χ1) is 7.04. The molecule has 0 amide bonds. The molecule has 6 heteroatoms. The van der Waals surface area contributed by atoms with Gasteiger partial charge in [-0.05, 0) is 24.6 Å². The molecule has 1 aromatic heterocycles. The standard InChI is InChI=1S/C9H10ClNO4/c1-6(9(12)14-2)15-7-3-4-8(10)11(13)5-7/h3-6H,1-2H3. The van der Waals surface area contributed by atoms with Gasteiger partial charge in [-0.1, -0.05) is 0 Å². The fourth-order valence-corrected chi connectivity index (χ4v) is 1.04. The Morgan fingerprint density at radius 3 is 2.80 bits per heavy atom. The molecule has 0 spiro atoms. The molecule has 1 rings (SSSR count). The molecule has 0 radical (unpaired) electrons. The topological polar surface area (TPSA) is 62.5 Å². The highest BCUT2D eigenvalue weighted by Crippen LogP contribution is 2.12. The lowest BCUT2D eigenvalue weighted by Crippen LogP contribution is -2.29. The SMILES string of the molecule is COC(=O)C(C)Oc1ccc(Cl)[n+]([O-])c1. The Kier molecular flexibility index (Phi) is 3.74. The molecule has 1 aromatic rings. The molecule has 1 unspecified atom stereocenters. The van der Waals surface area contributed by atoms with Crippen LogP contribution in [0.5, 0.6) is 5.75 Å². The van der Waals surface area contributed by atoms with Crippen LogP contribution in [-0.2, 0) is 9.53 Å². The normalized spacial score (nSPS) is 11.9. The van der Waals surface area contributed by atoms with Gasteiger partial charge in [-0.2, -0.15) is 4.73 Å². The summed E-state index contributed by atoms with van der Waals surface area (Å²) in [7, 11) is 1.26. The highest BCUT2D eigenvalue weighted by molar-refractivity contribution is 6.28. The molecule has 5 nitrogen and oxygen atoms in total. The number of halogens is 1. The third-order valence-corrected chi connectivity index (χ3v) is 1.98. The second-order valence-corrected chi connectivity index (χ2v) is 3.18. The Balaban J connectivity index is 2.73. The fourth-order valence-electron chi connectivity index (χ4n) is 0.933. The molecule has 82 valence electrons. The Labute approximate surface area is 91.8 Å². The van der Waals surface area contributed by atoms with Gasteiger partial charge in [0.1, 0.15) is 0 Å². The zero-order chi connectivity index (χ0) is 11.4. The summed E-state index contributed by atoms with van der Waals surface area (Å²) in [5, 5.41) is 11.1. The number of hydrogen-bond donors (Lipinski definition) is 0. The Bertz CT molecular complexity index is 369. The van der Waals surface area contributed by atoms with Gasteiger partial charge in [-0.15, -0.1) is 0 Å². The monoisotopic (exact) mass is 231 g/mol. The second kappa shape index (κ2) is 4.84. The van der Waals surface area contributed by atoms with Crippen LogP contribution in [0.25, 0.3) is 0 Å². The lowest BCUT2D eigenvalue weighted by molar-refractivity contribution is -0.603. The molecule has 0 aliphatic carbocycles. The first-order valence-electron chi connectivity index (χ1n) is 4.18. The van der Waals surface area contributed by atoms with Crippen molar-refractivity contribution in [1.82, 2.24) is 0 Å². The summed E-state index contributed by atoms with van der Waals surface area (Å²) in [6.07, 6.45) is 0.373. The largest absolute Gasteiger partial charge is 0.618 e. The number of carbonyl (C=O) groups excluding carboxylic acids is 1. The maximum Gasteiger partial charge on any atom is 0.346 e. The van der Waals surface area contributed by atoms with Crippen LogP contribution >= 0.6 is 11.6 Å². The van der Waals surface area contributed by atoms with E-state index in [0.717, 1.165) is 6.20 Å². The lowest BCUT2D eigenvalue weighted by Gasteiger charge is -2.11. The average molecular weight is 232 g/mol. The van der Waals surface area contributed by atoms with Crippen molar-refractivity contribution < 1.29 is 19.0 Å². The van der Waals surface area contributed by atoms with E-state index < -0.39 is 12.1 Å². The Hall–Kier alpha value is -1.49. The van der Waals surface area contributed by atoms with Crippen molar-refractivity contribution in [3.8, 4) is 5.75 Å². The van der Waals surface area contributed by atoms with Crippen LogP contribution in [0.15, 0.2) is 18.3 Å². The summed E-state index contributed by atoms with van der Waals surface area (Å²) >= 11 is 5.51. The molecule has 0 bridgehead atoms. The van der Waals surface area contributed by atoms with E-state index in [2.05, 4.69) is 4.74 Å². The van der Waals surface area contributed by atoms with E-state index in [1.807, 2.05) is 0 Å². The van der Waals surface area contributed by atoms with Gasteiger partial charge in [0.2, 0.25) is 6.20 Å². The van der Waals surface area contributed by atoms with Crippen molar-refractivity contribution in [2.75, 3.05) is 7.11 Å². The fraction of sp³-hybridized carbons (Fsp3) is 0.333. The number of nitrogens with zero attached hydrogens (tertiary/aromatic N) is 1. The third-order valence-electron chi connectivity index (χ3n) is 1.69. The number of methoxy groups -OCH3 is 1. The van der Waals surface area contributed by atoms with Gasteiger partial charge in [-0.3, -0.25) is 0 Å². The summed E-state index contributed by atoms with van der Waals surface area (Å²) in [6.45, 7) is 1.52. The van der Waals surface area contributed by atoms with Crippen LogP contribution < -0.4 is 9.47 Å². The highest BCUT2D eigenvalue weighted by Gasteiger charge is 2.16. The van der Waals surface area contributed by atoms with Gasteiger partial charge >= 0.3 is 5.97 Å². The number of hydrogen-bond acceptors (Lipinski definition) is 4. The zero-order valence-electron chi connectivity index (χ0n) is 8.27. The molecule has 0 aromatic carbocycles. The van der Waals surface area contributed by atoms with Gasteiger partial charge in [0.15, 0.2) is 11.9 Å². The lowest BCUT2D eigenvalue weighted by atomic mass is 10.4. The van der Waals surface area contributed by atoms with E-state index in [0.29, 0.717) is 4.73 Å². The second-order valence-electron chi connectivity index (χ2n) is 2.80. The number of rotatable bonds is 3. The molecule has 1 atom stereocenters. The van der Waals surface area contributed by atoms with Crippen LogP contribution in [0.1, 0.15) is 6.92 Å². The van der Waals surface area contributed by atoms with Crippen molar-refractivity contribution >= 4 is 17.6 Å². The zero-order valence-corrected chi connectivity index (χ0v) is 9.02. The predicted octanol–water partition coefficient (Wildman–Crippen LogP) is 0.914. The van der Waals surface area contributed by atoms with Crippen LogP contribution in [0.2, 0.25) is 5.15 Å². The summed E-state index contributed by atoms with van der Waals surface area (Å²) in [4.78, 5) is 11.0. The van der Waals surface area contributed by atoms with Crippen molar-refractivity contribution in [2.45, 2.75) is 13.0 Å². The van der Waals surface area contributed by atoms with Crippen LogP contribution in [0.3, 0.4) is 0 Å². The first kappa shape index (κ1) is 11.6. The molecular formula is C9H10ClNO4. The quantitative estimate of drug-likeness (QED) is 0.336. The third kappa shape index (κ3) is 2.99. The summed E-state index contributed by atoms with van der Waals surface area (Å²) < 4.78 is 10.1. The van der Waals surface area contributed by atoms with Gasteiger partial charge in [0, 0.05) is 6.07 Å². The van der Waals surface area contributed by atoms with Gasteiger partial charge in [0.05, 0.1) is 7.11 Å². The van der Waals surface area contributed by atoms with E-state index in [9.17, 15) is 10.0 Å². The minimum atomic E-state index is -0.767. The number of aromatic nitrogens is 1. The van der Waals surface area contributed by atoms with Crippen LogP contribution in [0, 0.1) is 5.21 Å². The van der Waals surface area contributed by atoms with Crippen molar-refractivity contribution in [3.63, 3.8) is 0 Å². The summed E-state index contributed by atoms with van der Waals surface area (Å²) in [6, 6.07) is 2.88. The number of esters is 1. The minimum absolute atomic E-state index is 0.0353. The first-order valence-corrected chi connectivity index (χ1v) is 4.55. The van der Waals surface area contributed by atoms with Crippen LogP contribution in [0.4, 0.5) is 0 Å². The average Bonchev–Trinajstić information content (AvgIpc) is 2.22. The van der Waals surface area contributed by atoms with Crippen LogP contribution in [-0.4, -0.2) is 19.2 Å². The van der Waals surface area contributed by atoms with E-state index in [1.54, 1.807) is 0 Å². The van der Waals surface area contributed by atoms with E-state index in [-0.39, 0.29) is 10.9 Å². The minimum Gasteiger partial charge on any atom is -0.618 e. The molecule has 1 heterocycles. The van der Waals surface area contributed by atoms with E-state index >= 15 is 0 Å². The number of ether oxygens (including phenoxy) is 2. The molecular weight excluding hydrogens is 222 g/mol. The van der Waals surface area contributed by atoms with Crippen molar-refractivity contribution in [2.24, 2.45) is 0 Å². The maximum atomic E-state index is 11.0. The van der Waals surface area contributed by atoms with Crippen molar-refractivity contribution in [3.05, 3.63) is 28.7 Å². The number of carbonyl (C=O) groups is 1. The predicted molar refractivity (Wildman–Crippen MR) is 52.5 cm³/mol. The Morgan fingerprint density at radius 1 is 1.60 bits per heavy atom. The Morgan fingerprint density at radius 2 is 2.27 bits per heavy atom.